The van der Waals surface area contributed by atoms with Crippen LogP contribution in [-0.4, -0.2) is 70.4 Å². The van der Waals surface area contributed by atoms with E-state index in [0.717, 1.165) is 5.56 Å². The molecule has 0 spiro atoms. The van der Waals surface area contributed by atoms with Crippen LogP contribution in [0.1, 0.15) is 12.0 Å². The molecule has 0 radical (unpaired) electrons. The van der Waals surface area contributed by atoms with Crippen LogP contribution in [0.3, 0.4) is 0 Å². The van der Waals surface area contributed by atoms with Gasteiger partial charge in [0.15, 0.2) is 0 Å². The summed E-state index contributed by atoms with van der Waals surface area (Å²) in [5, 5.41) is 14.6. The Morgan fingerprint density at radius 1 is 1.14 bits per heavy atom. The molecule has 0 aliphatic carbocycles. The second-order valence-corrected chi connectivity index (χ2v) is 6.60. The van der Waals surface area contributed by atoms with Crippen molar-refractivity contribution in [2.45, 2.75) is 13.0 Å². The highest BCUT2D eigenvalue weighted by Gasteiger charge is 2.26. The van der Waals surface area contributed by atoms with Gasteiger partial charge in [0.1, 0.15) is 11.4 Å². The van der Waals surface area contributed by atoms with Crippen molar-refractivity contribution in [3.05, 3.63) is 53.6 Å². The summed E-state index contributed by atoms with van der Waals surface area (Å²) in [5.74, 6) is -1.34. The molecule has 148 valence electrons. The quantitative estimate of drug-likeness (QED) is 0.615. The van der Waals surface area contributed by atoms with Gasteiger partial charge >= 0.3 is 5.97 Å². The molecule has 3 heterocycles. The van der Waals surface area contributed by atoms with Crippen LogP contribution in [0.2, 0.25) is 0 Å². The van der Waals surface area contributed by atoms with Crippen LogP contribution >= 0.6 is 0 Å². The summed E-state index contributed by atoms with van der Waals surface area (Å²) in [5.41, 5.74) is 1.61. The maximum Gasteiger partial charge on any atom is 0.317 e. The number of carboxylic acids is 1. The van der Waals surface area contributed by atoms with Gasteiger partial charge in [-0.25, -0.2) is 0 Å². The number of hydrogen-bond acceptors (Lipinski definition) is 6. The molecule has 28 heavy (non-hydrogen) atoms. The van der Waals surface area contributed by atoms with Gasteiger partial charge in [0, 0.05) is 45.1 Å². The van der Waals surface area contributed by atoms with E-state index >= 15 is 0 Å². The van der Waals surface area contributed by atoms with E-state index in [1.807, 2.05) is 6.07 Å². The van der Waals surface area contributed by atoms with E-state index in [1.165, 1.54) is 0 Å². The van der Waals surface area contributed by atoms with Crippen LogP contribution in [0, 0.1) is 0 Å². The average Bonchev–Trinajstić information content (AvgIpc) is 2.72. The SMILES string of the molecule is O=C(O)CN1CCN(C(=O)C2=CCC=C(C(=O)NCc3cccnc3)N2)CC1. The summed E-state index contributed by atoms with van der Waals surface area (Å²) in [6.45, 7) is 2.27. The molecule has 3 rings (SSSR count). The van der Waals surface area contributed by atoms with Crippen LogP contribution in [-0.2, 0) is 20.9 Å². The predicted molar refractivity (Wildman–Crippen MR) is 101 cm³/mol. The summed E-state index contributed by atoms with van der Waals surface area (Å²) in [4.78, 5) is 43.4. The molecule has 1 aromatic rings. The number of hydrogen-bond donors (Lipinski definition) is 3. The minimum absolute atomic E-state index is 0.0209. The summed E-state index contributed by atoms with van der Waals surface area (Å²) in [6.07, 6.45) is 7.33. The Hall–Kier alpha value is -3.20. The van der Waals surface area contributed by atoms with Gasteiger partial charge in [-0.15, -0.1) is 0 Å². The van der Waals surface area contributed by atoms with E-state index in [0.29, 0.717) is 50.5 Å². The first-order chi connectivity index (χ1) is 13.5. The summed E-state index contributed by atoms with van der Waals surface area (Å²) in [7, 11) is 0. The first-order valence-electron chi connectivity index (χ1n) is 9.11. The first kappa shape index (κ1) is 19.6. The van der Waals surface area contributed by atoms with Gasteiger partial charge in [-0.05, 0) is 18.1 Å². The molecular formula is C19H23N5O4. The number of piperazine rings is 1. The third-order valence-corrected chi connectivity index (χ3v) is 4.58. The standard InChI is InChI=1S/C19H23N5O4/c25-17(26)13-23-7-9-24(10-8-23)19(28)16-5-1-4-15(22-16)18(27)21-12-14-3-2-6-20-11-14/h2-6,11,22H,1,7-10,12-13H2,(H,21,27)(H,25,26). The van der Waals surface area contributed by atoms with Gasteiger partial charge < -0.3 is 20.6 Å². The molecule has 9 nitrogen and oxygen atoms in total. The van der Waals surface area contributed by atoms with Crippen LogP contribution < -0.4 is 10.6 Å². The smallest absolute Gasteiger partial charge is 0.317 e. The molecule has 3 N–H and O–H groups in total. The molecule has 1 fully saturated rings. The average molecular weight is 385 g/mol. The summed E-state index contributed by atoms with van der Waals surface area (Å²) < 4.78 is 0. The first-order valence-corrected chi connectivity index (χ1v) is 9.11. The van der Waals surface area contributed by atoms with E-state index < -0.39 is 5.97 Å². The van der Waals surface area contributed by atoms with Crippen LogP contribution in [0.5, 0.6) is 0 Å². The number of nitrogens with one attached hydrogen (secondary N) is 2. The van der Waals surface area contributed by atoms with E-state index in [4.69, 9.17) is 5.11 Å². The van der Waals surface area contributed by atoms with Crippen LogP contribution in [0.25, 0.3) is 0 Å². The molecule has 2 aliphatic heterocycles. The van der Waals surface area contributed by atoms with E-state index in [9.17, 15) is 14.4 Å². The van der Waals surface area contributed by atoms with Crippen molar-refractivity contribution in [2.24, 2.45) is 0 Å². The molecule has 0 aromatic carbocycles. The number of allylic oxidation sites excluding steroid dienone is 2. The minimum atomic E-state index is -0.872. The van der Waals surface area contributed by atoms with Gasteiger partial charge in [0.2, 0.25) is 0 Å². The zero-order valence-electron chi connectivity index (χ0n) is 15.4. The van der Waals surface area contributed by atoms with Crippen LogP contribution in [0.4, 0.5) is 0 Å². The summed E-state index contributed by atoms with van der Waals surface area (Å²) >= 11 is 0. The molecule has 2 amide bonds. The van der Waals surface area contributed by atoms with Gasteiger partial charge in [-0.1, -0.05) is 18.2 Å². The molecule has 0 atom stereocenters. The number of rotatable bonds is 6. The van der Waals surface area contributed by atoms with Crippen molar-refractivity contribution < 1.29 is 19.5 Å². The Morgan fingerprint density at radius 2 is 1.89 bits per heavy atom. The van der Waals surface area contributed by atoms with Gasteiger partial charge in [0.25, 0.3) is 11.8 Å². The zero-order valence-corrected chi connectivity index (χ0v) is 15.4. The lowest BCUT2D eigenvalue weighted by atomic mass is 10.1. The number of amides is 2. The Morgan fingerprint density at radius 3 is 2.57 bits per heavy atom. The van der Waals surface area contributed by atoms with Gasteiger partial charge in [-0.2, -0.15) is 0 Å². The lowest BCUT2D eigenvalue weighted by Gasteiger charge is -2.34. The molecular weight excluding hydrogens is 362 g/mol. The fourth-order valence-corrected chi connectivity index (χ4v) is 3.08. The van der Waals surface area contributed by atoms with E-state index in [1.54, 1.807) is 40.4 Å². The van der Waals surface area contributed by atoms with Gasteiger partial charge in [0.05, 0.1) is 6.54 Å². The fourth-order valence-electron chi connectivity index (χ4n) is 3.08. The van der Waals surface area contributed by atoms with Crippen molar-refractivity contribution in [2.75, 3.05) is 32.7 Å². The van der Waals surface area contributed by atoms with Crippen molar-refractivity contribution in [1.82, 2.24) is 25.4 Å². The van der Waals surface area contributed by atoms with Crippen molar-refractivity contribution >= 4 is 17.8 Å². The molecule has 2 aliphatic rings. The second-order valence-electron chi connectivity index (χ2n) is 6.60. The predicted octanol–water partition coefficient (Wildman–Crippen LogP) is -0.312. The van der Waals surface area contributed by atoms with Gasteiger partial charge in [-0.3, -0.25) is 24.3 Å². The molecule has 0 saturated carbocycles. The van der Waals surface area contributed by atoms with Crippen molar-refractivity contribution in [3.8, 4) is 0 Å². The van der Waals surface area contributed by atoms with Crippen molar-refractivity contribution in [3.63, 3.8) is 0 Å². The molecule has 0 bridgehead atoms. The number of pyridine rings is 1. The lowest BCUT2D eigenvalue weighted by Crippen LogP contribution is -2.51. The lowest BCUT2D eigenvalue weighted by molar-refractivity contribution is -0.139. The number of aromatic nitrogens is 1. The fraction of sp³-hybridized carbons (Fsp3) is 0.368. The zero-order chi connectivity index (χ0) is 19.9. The number of aliphatic carboxylic acids is 1. The maximum atomic E-state index is 12.7. The Balaban J connectivity index is 1.49. The molecule has 9 heteroatoms. The summed E-state index contributed by atoms with van der Waals surface area (Å²) in [6, 6.07) is 3.67. The van der Waals surface area contributed by atoms with E-state index in [2.05, 4.69) is 15.6 Å². The number of nitrogens with zero attached hydrogens (tertiary/aromatic N) is 3. The number of carbonyl (C=O) groups is 3. The number of dihydropyridines is 1. The normalized spacial score (nSPS) is 17.2. The number of carbonyl (C=O) groups excluding carboxylic acids is 2. The Labute approximate surface area is 162 Å². The highest BCUT2D eigenvalue weighted by atomic mass is 16.4. The Bertz CT molecular complexity index is 798. The maximum absolute atomic E-state index is 12.7. The molecule has 1 saturated heterocycles. The Kier molecular flexibility index (Phi) is 6.38. The van der Waals surface area contributed by atoms with Crippen molar-refractivity contribution in [1.29, 1.82) is 0 Å². The minimum Gasteiger partial charge on any atom is -0.480 e. The van der Waals surface area contributed by atoms with Crippen LogP contribution in [0.15, 0.2) is 48.1 Å². The number of carboxylic acid groups (broad SMARTS) is 1. The largest absolute Gasteiger partial charge is 0.480 e. The third-order valence-electron chi connectivity index (χ3n) is 4.58. The topological polar surface area (TPSA) is 115 Å². The van der Waals surface area contributed by atoms with E-state index in [-0.39, 0.29) is 18.4 Å². The third kappa shape index (κ3) is 5.17. The molecule has 0 unspecified atom stereocenters. The highest BCUT2D eigenvalue weighted by molar-refractivity contribution is 5.98. The molecule has 1 aromatic heterocycles. The second kappa shape index (κ2) is 9.14. The monoisotopic (exact) mass is 385 g/mol. The highest BCUT2D eigenvalue weighted by Crippen LogP contribution is 2.12.